The van der Waals surface area contributed by atoms with Gasteiger partial charge in [-0.3, -0.25) is 4.79 Å². The molecule has 0 fully saturated rings. The number of anilines is 1. The van der Waals surface area contributed by atoms with Crippen LogP contribution in [-0.4, -0.2) is 51.8 Å². The van der Waals surface area contributed by atoms with Gasteiger partial charge in [0.25, 0.3) is 5.91 Å². The van der Waals surface area contributed by atoms with Gasteiger partial charge in [-0.2, -0.15) is 0 Å². The van der Waals surface area contributed by atoms with Crippen LogP contribution in [0.25, 0.3) is 0 Å². The maximum atomic E-state index is 12.1. The quantitative estimate of drug-likeness (QED) is 0.808. The van der Waals surface area contributed by atoms with Gasteiger partial charge in [-0.25, -0.2) is 0 Å². The Hall–Kier alpha value is -1.69. The average molecular weight is 252 g/mol. The SMILES string of the molecule is CCNc1ccc(C(=O)N(C)C(C)(C)CO)nn1. The van der Waals surface area contributed by atoms with Gasteiger partial charge in [0.15, 0.2) is 5.69 Å². The van der Waals surface area contributed by atoms with E-state index in [1.165, 1.54) is 4.90 Å². The highest BCUT2D eigenvalue weighted by Gasteiger charge is 2.28. The Bertz CT molecular complexity index is 403. The fourth-order valence-corrected chi connectivity index (χ4v) is 1.27. The molecule has 0 atom stereocenters. The molecule has 6 nitrogen and oxygen atoms in total. The molecule has 2 N–H and O–H groups in total. The van der Waals surface area contributed by atoms with E-state index in [1.54, 1.807) is 33.0 Å². The number of carbonyl (C=O) groups is 1. The number of amides is 1. The fraction of sp³-hybridized carbons (Fsp3) is 0.583. The highest BCUT2D eigenvalue weighted by molar-refractivity contribution is 5.92. The summed E-state index contributed by atoms with van der Waals surface area (Å²) < 4.78 is 0. The molecule has 6 heteroatoms. The maximum absolute atomic E-state index is 12.1. The Kier molecular flexibility index (Phi) is 4.61. The highest BCUT2D eigenvalue weighted by atomic mass is 16.3. The number of hydrogen-bond donors (Lipinski definition) is 2. The van der Waals surface area contributed by atoms with Gasteiger partial charge in [0, 0.05) is 13.6 Å². The third kappa shape index (κ3) is 3.16. The predicted octanol–water partition coefficient (Wildman–Crippen LogP) is 0.751. The van der Waals surface area contributed by atoms with Gasteiger partial charge in [0.1, 0.15) is 5.82 Å². The van der Waals surface area contributed by atoms with Gasteiger partial charge in [0.05, 0.1) is 12.1 Å². The molecule has 0 saturated heterocycles. The molecule has 0 aromatic carbocycles. The lowest BCUT2D eigenvalue weighted by atomic mass is 10.0. The molecule has 0 bridgehead atoms. The number of aromatic nitrogens is 2. The minimum Gasteiger partial charge on any atom is -0.394 e. The van der Waals surface area contributed by atoms with E-state index in [2.05, 4.69) is 15.5 Å². The molecule has 1 aromatic rings. The zero-order chi connectivity index (χ0) is 13.8. The number of nitrogens with one attached hydrogen (secondary N) is 1. The number of hydrogen-bond acceptors (Lipinski definition) is 5. The average Bonchev–Trinajstić information content (AvgIpc) is 2.38. The predicted molar refractivity (Wildman–Crippen MR) is 69.5 cm³/mol. The second-order valence-electron chi connectivity index (χ2n) is 4.67. The number of aliphatic hydroxyl groups excluding tert-OH is 1. The molecule has 0 aliphatic carbocycles. The highest BCUT2D eigenvalue weighted by Crippen LogP contribution is 2.14. The van der Waals surface area contributed by atoms with Crippen LogP contribution >= 0.6 is 0 Å². The Balaban J connectivity index is 2.84. The van der Waals surface area contributed by atoms with Crippen LogP contribution < -0.4 is 5.32 Å². The molecular weight excluding hydrogens is 232 g/mol. The van der Waals surface area contributed by atoms with E-state index in [1.807, 2.05) is 6.92 Å². The Morgan fingerprint density at radius 2 is 2.11 bits per heavy atom. The number of carbonyl (C=O) groups excluding carboxylic acids is 1. The molecule has 1 heterocycles. The van der Waals surface area contributed by atoms with Crippen molar-refractivity contribution in [2.24, 2.45) is 0 Å². The van der Waals surface area contributed by atoms with Crippen LogP contribution in [0.5, 0.6) is 0 Å². The maximum Gasteiger partial charge on any atom is 0.274 e. The van der Waals surface area contributed by atoms with E-state index < -0.39 is 5.54 Å². The molecular formula is C12H20N4O2. The minimum atomic E-state index is -0.626. The van der Waals surface area contributed by atoms with Crippen molar-refractivity contribution in [3.05, 3.63) is 17.8 Å². The summed E-state index contributed by atoms with van der Waals surface area (Å²) in [6.45, 7) is 6.16. The van der Waals surface area contributed by atoms with E-state index in [9.17, 15) is 9.90 Å². The number of rotatable bonds is 5. The summed E-state index contributed by atoms with van der Waals surface area (Å²) in [5, 5.41) is 20.0. The van der Waals surface area contributed by atoms with Crippen molar-refractivity contribution in [2.45, 2.75) is 26.3 Å². The molecule has 1 aromatic heterocycles. The molecule has 0 unspecified atom stereocenters. The third-order valence-electron chi connectivity index (χ3n) is 2.84. The zero-order valence-corrected chi connectivity index (χ0v) is 11.3. The summed E-state index contributed by atoms with van der Waals surface area (Å²) in [6, 6.07) is 3.33. The van der Waals surface area contributed by atoms with Gasteiger partial charge >= 0.3 is 0 Å². The van der Waals surface area contributed by atoms with Crippen molar-refractivity contribution in [3.8, 4) is 0 Å². The molecule has 100 valence electrons. The van der Waals surface area contributed by atoms with Crippen molar-refractivity contribution in [2.75, 3.05) is 25.5 Å². The lowest BCUT2D eigenvalue weighted by molar-refractivity contribution is 0.0466. The van der Waals surface area contributed by atoms with Crippen molar-refractivity contribution in [1.29, 1.82) is 0 Å². The lowest BCUT2D eigenvalue weighted by Gasteiger charge is -2.33. The number of nitrogens with zero attached hydrogens (tertiary/aromatic N) is 3. The first-order chi connectivity index (χ1) is 8.42. The second kappa shape index (κ2) is 5.77. The third-order valence-corrected chi connectivity index (χ3v) is 2.84. The van der Waals surface area contributed by atoms with Crippen molar-refractivity contribution in [3.63, 3.8) is 0 Å². The molecule has 0 radical (unpaired) electrons. The smallest absolute Gasteiger partial charge is 0.274 e. The van der Waals surface area contributed by atoms with E-state index in [4.69, 9.17) is 0 Å². The lowest BCUT2D eigenvalue weighted by Crippen LogP contribution is -2.47. The van der Waals surface area contributed by atoms with Crippen molar-refractivity contribution >= 4 is 11.7 Å². The molecule has 1 rings (SSSR count). The van der Waals surface area contributed by atoms with Crippen LogP contribution in [0.1, 0.15) is 31.3 Å². The summed E-state index contributed by atoms with van der Waals surface area (Å²) >= 11 is 0. The van der Waals surface area contributed by atoms with E-state index in [0.29, 0.717) is 5.82 Å². The van der Waals surface area contributed by atoms with Crippen LogP contribution in [-0.2, 0) is 0 Å². The topological polar surface area (TPSA) is 78.4 Å². The summed E-state index contributed by atoms with van der Waals surface area (Å²) in [5.41, 5.74) is -0.361. The number of likely N-dealkylation sites (N-methyl/N-ethyl adjacent to an activating group) is 1. The standard InChI is InChI=1S/C12H20N4O2/c1-5-13-10-7-6-9(14-15-10)11(18)16(4)12(2,3)8-17/h6-7,17H,5,8H2,1-4H3,(H,13,15). The first-order valence-corrected chi connectivity index (χ1v) is 5.89. The van der Waals surface area contributed by atoms with Crippen LogP contribution in [0, 0.1) is 0 Å². The first kappa shape index (κ1) is 14.4. The Labute approximate surface area is 107 Å². The van der Waals surface area contributed by atoms with Gasteiger partial charge in [-0.1, -0.05) is 0 Å². The Morgan fingerprint density at radius 1 is 1.44 bits per heavy atom. The second-order valence-corrected chi connectivity index (χ2v) is 4.67. The van der Waals surface area contributed by atoms with Gasteiger partial charge in [-0.05, 0) is 32.9 Å². The van der Waals surface area contributed by atoms with Crippen molar-refractivity contribution < 1.29 is 9.90 Å². The summed E-state index contributed by atoms with van der Waals surface area (Å²) in [4.78, 5) is 13.6. The zero-order valence-electron chi connectivity index (χ0n) is 11.3. The van der Waals surface area contributed by atoms with Crippen LogP contribution in [0.15, 0.2) is 12.1 Å². The summed E-state index contributed by atoms with van der Waals surface area (Å²) in [6.07, 6.45) is 0. The van der Waals surface area contributed by atoms with Gasteiger partial charge < -0.3 is 15.3 Å². The summed E-state index contributed by atoms with van der Waals surface area (Å²) in [5.74, 6) is 0.378. The van der Waals surface area contributed by atoms with Crippen LogP contribution in [0.2, 0.25) is 0 Å². The van der Waals surface area contributed by atoms with Gasteiger partial charge in [0.2, 0.25) is 0 Å². The molecule has 18 heavy (non-hydrogen) atoms. The minimum absolute atomic E-state index is 0.113. The van der Waals surface area contributed by atoms with Gasteiger partial charge in [-0.15, -0.1) is 10.2 Å². The summed E-state index contributed by atoms with van der Waals surface area (Å²) in [7, 11) is 1.64. The van der Waals surface area contributed by atoms with Crippen LogP contribution in [0.4, 0.5) is 5.82 Å². The molecule has 0 spiro atoms. The normalized spacial score (nSPS) is 11.2. The Morgan fingerprint density at radius 3 is 2.56 bits per heavy atom. The first-order valence-electron chi connectivity index (χ1n) is 5.89. The van der Waals surface area contributed by atoms with E-state index >= 15 is 0 Å². The van der Waals surface area contributed by atoms with E-state index in [0.717, 1.165) is 6.54 Å². The number of aliphatic hydroxyl groups is 1. The molecule has 0 saturated carbocycles. The largest absolute Gasteiger partial charge is 0.394 e. The van der Waals surface area contributed by atoms with Crippen LogP contribution in [0.3, 0.4) is 0 Å². The molecule has 1 amide bonds. The molecule has 0 aliphatic heterocycles. The van der Waals surface area contributed by atoms with E-state index in [-0.39, 0.29) is 18.2 Å². The monoisotopic (exact) mass is 252 g/mol. The molecule has 0 aliphatic rings. The fourth-order valence-electron chi connectivity index (χ4n) is 1.27. The van der Waals surface area contributed by atoms with Crippen molar-refractivity contribution in [1.82, 2.24) is 15.1 Å².